The van der Waals surface area contributed by atoms with Crippen molar-refractivity contribution in [2.24, 2.45) is 5.92 Å². The van der Waals surface area contributed by atoms with Gasteiger partial charge in [-0.05, 0) is 48.9 Å². The third-order valence-corrected chi connectivity index (χ3v) is 4.66. The molecule has 0 saturated carbocycles. The Morgan fingerprint density at radius 2 is 2.09 bits per heavy atom. The van der Waals surface area contributed by atoms with E-state index in [1.807, 2.05) is 6.92 Å². The summed E-state index contributed by atoms with van der Waals surface area (Å²) >= 11 is 0. The van der Waals surface area contributed by atoms with Crippen LogP contribution in [-0.2, 0) is 16.0 Å². The summed E-state index contributed by atoms with van der Waals surface area (Å²) in [5.41, 5.74) is 2.15. The number of likely N-dealkylation sites (tertiary alicyclic amines) is 1. The zero-order chi connectivity index (χ0) is 16.6. The fourth-order valence-corrected chi connectivity index (χ4v) is 3.30. The van der Waals surface area contributed by atoms with Crippen LogP contribution in [0.2, 0.25) is 0 Å². The van der Waals surface area contributed by atoms with Gasteiger partial charge in [0.25, 0.3) is 5.91 Å². The first-order valence-corrected chi connectivity index (χ1v) is 7.92. The first-order valence-electron chi connectivity index (χ1n) is 7.92. The fraction of sp³-hybridized carbons (Fsp3) is 0.471. The van der Waals surface area contributed by atoms with Crippen LogP contribution < -0.4 is 5.32 Å². The van der Waals surface area contributed by atoms with Gasteiger partial charge < -0.3 is 15.3 Å². The summed E-state index contributed by atoms with van der Waals surface area (Å²) in [5.74, 6) is -0.912. The van der Waals surface area contributed by atoms with E-state index in [1.54, 1.807) is 18.2 Å². The van der Waals surface area contributed by atoms with Crippen LogP contribution in [-0.4, -0.2) is 40.4 Å². The maximum atomic E-state index is 12.7. The molecule has 1 fully saturated rings. The largest absolute Gasteiger partial charge is 0.480 e. The number of aryl methyl sites for hydroxylation is 1. The molecular weight excluding hydrogens is 296 g/mol. The molecule has 2 N–H and O–H groups in total. The Balaban J connectivity index is 1.85. The third kappa shape index (κ3) is 3.06. The number of rotatable bonds is 2. The van der Waals surface area contributed by atoms with E-state index in [2.05, 4.69) is 5.32 Å². The number of aliphatic carboxylic acids is 1. The summed E-state index contributed by atoms with van der Waals surface area (Å²) in [4.78, 5) is 37.1. The molecule has 0 bridgehead atoms. The monoisotopic (exact) mass is 316 g/mol. The van der Waals surface area contributed by atoms with Gasteiger partial charge in [0.15, 0.2) is 0 Å². The van der Waals surface area contributed by atoms with E-state index < -0.39 is 12.0 Å². The van der Waals surface area contributed by atoms with E-state index in [4.69, 9.17) is 0 Å². The average Bonchev–Trinajstić information content (AvgIpc) is 2.53. The Kier molecular flexibility index (Phi) is 4.07. The molecule has 6 heteroatoms. The number of anilines is 1. The van der Waals surface area contributed by atoms with Crippen molar-refractivity contribution in [1.29, 1.82) is 0 Å². The van der Waals surface area contributed by atoms with E-state index in [0.717, 1.165) is 17.7 Å². The van der Waals surface area contributed by atoms with Crippen LogP contribution in [0.5, 0.6) is 0 Å². The molecular formula is C17H20N2O4. The molecule has 0 aliphatic carbocycles. The van der Waals surface area contributed by atoms with E-state index >= 15 is 0 Å². The lowest BCUT2D eigenvalue weighted by atomic mass is 9.91. The van der Waals surface area contributed by atoms with Crippen LogP contribution in [0.1, 0.15) is 42.1 Å². The standard InChI is InChI=1S/C17H20N2O4/c1-10-6-7-19(14(8-10)17(22)23)16(21)12-2-4-13-11(9-12)3-5-15(20)18-13/h2,4,9-10,14H,3,5-8H2,1H3,(H,18,20)(H,22,23). The van der Waals surface area contributed by atoms with Crippen LogP contribution in [0, 0.1) is 5.92 Å². The lowest BCUT2D eigenvalue weighted by Crippen LogP contribution is -2.49. The van der Waals surface area contributed by atoms with Crippen molar-refractivity contribution in [3.63, 3.8) is 0 Å². The molecule has 0 aromatic heterocycles. The molecule has 6 nitrogen and oxygen atoms in total. The molecule has 2 unspecified atom stereocenters. The molecule has 23 heavy (non-hydrogen) atoms. The van der Waals surface area contributed by atoms with Gasteiger partial charge in [-0.1, -0.05) is 6.92 Å². The highest BCUT2D eigenvalue weighted by molar-refractivity contribution is 5.99. The predicted molar refractivity (Wildman–Crippen MR) is 84.3 cm³/mol. The van der Waals surface area contributed by atoms with Crippen LogP contribution in [0.4, 0.5) is 5.69 Å². The van der Waals surface area contributed by atoms with Crippen molar-refractivity contribution in [3.8, 4) is 0 Å². The highest BCUT2D eigenvalue weighted by Gasteiger charge is 2.35. The number of nitrogens with zero attached hydrogens (tertiary/aromatic N) is 1. The molecule has 2 amide bonds. The highest BCUT2D eigenvalue weighted by Crippen LogP contribution is 2.27. The van der Waals surface area contributed by atoms with Crippen molar-refractivity contribution in [2.75, 3.05) is 11.9 Å². The Labute approximate surface area is 134 Å². The summed E-state index contributed by atoms with van der Waals surface area (Å²) in [6.45, 7) is 2.48. The first-order chi connectivity index (χ1) is 11.0. The van der Waals surface area contributed by atoms with Gasteiger partial charge in [0.2, 0.25) is 5.91 Å². The van der Waals surface area contributed by atoms with Crippen LogP contribution in [0.25, 0.3) is 0 Å². The number of carboxylic acids is 1. The number of hydrogen-bond acceptors (Lipinski definition) is 3. The Morgan fingerprint density at radius 1 is 1.30 bits per heavy atom. The van der Waals surface area contributed by atoms with Gasteiger partial charge in [0.05, 0.1) is 0 Å². The van der Waals surface area contributed by atoms with Crippen LogP contribution in [0.3, 0.4) is 0 Å². The Hall–Kier alpha value is -2.37. The van der Waals surface area contributed by atoms with E-state index in [0.29, 0.717) is 37.3 Å². The minimum absolute atomic E-state index is 0.0208. The number of carboxylic acid groups (broad SMARTS) is 1. The molecule has 1 saturated heterocycles. The second-order valence-corrected chi connectivity index (χ2v) is 6.40. The maximum Gasteiger partial charge on any atom is 0.326 e. The predicted octanol–water partition coefficient (Wildman–Crippen LogP) is 1.90. The number of carbonyl (C=O) groups is 3. The topological polar surface area (TPSA) is 86.7 Å². The highest BCUT2D eigenvalue weighted by atomic mass is 16.4. The van der Waals surface area contributed by atoms with Crippen molar-refractivity contribution >= 4 is 23.5 Å². The summed E-state index contributed by atoms with van der Waals surface area (Å²) in [6.07, 6.45) is 2.31. The van der Waals surface area contributed by atoms with Gasteiger partial charge in [-0.25, -0.2) is 4.79 Å². The van der Waals surface area contributed by atoms with Gasteiger partial charge in [0.1, 0.15) is 6.04 Å². The number of benzene rings is 1. The number of amides is 2. The molecule has 122 valence electrons. The minimum atomic E-state index is -0.949. The minimum Gasteiger partial charge on any atom is -0.480 e. The van der Waals surface area contributed by atoms with Crippen LogP contribution in [0.15, 0.2) is 18.2 Å². The zero-order valence-electron chi connectivity index (χ0n) is 13.0. The Bertz CT molecular complexity index is 671. The molecule has 1 aromatic rings. The molecule has 0 spiro atoms. The van der Waals surface area contributed by atoms with E-state index in [-0.39, 0.29) is 11.8 Å². The number of carbonyl (C=O) groups excluding carboxylic acids is 2. The number of hydrogen-bond donors (Lipinski definition) is 2. The molecule has 0 radical (unpaired) electrons. The smallest absolute Gasteiger partial charge is 0.326 e. The van der Waals surface area contributed by atoms with E-state index in [1.165, 1.54) is 4.90 Å². The molecule has 2 atom stereocenters. The quantitative estimate of drug-likeness (QED) is 0.872. The number of fused-ring (bicyclic) bond motifs is 1. The van der Waals surface area contributed by atoms with Gasteiger partial charge in [-0.3, -0.25) is 9.59 Å². The summed E-state index contributed by atoms with van der Waals surface area (Å²) in [6, 6.07) is 4.39. The Morgan fingerprint density at radius 3 is 2.83 bits per heavy atom. The lowest BCUT2D eigenvalue weighted by Gasteiger charge is -2.36. The summed E-state index contributed by atoms with van der Waals surface area (Å²) in [7, 11) is 0. The third-order valence-electron chi connectivity index (χ3n) is 4.66. The SMILES string of the molecule is CC1CCN(C(=O)c2ccc3c(c2)CCC(=O)N3)C(C(=O)O)C1. The zero-order valence-corrected chi connectivity index (χ0v) is 13.0. The lowest BCUT2D eigenvalue weighted by molar-refractivity contribution is -0.144. The molecule has 1 aromatic carbocycles. The van der Waals surface area contributed by atoms with Gasteiger partial charge in [-0.15, -0.1) is 0 Å². The average molecular weight is 316 g/mol. The molecule has 3 rings (SSSR count). The van der Waals surface area contributed by atoms with Crippen molar-refractivity contribution in [1.82, 2.24) is 4.90 Å². The second kappa shape index (κ2) is 6.02. The van der Waals surface area contributed by atoms with Gasteiger partial charge in [0, 0.05) is 24.2 Å². The first kappa shape index (κ1) is 15.5. The molecule has 2 aliphatic rings. The number of nitrogens with one attached hydrogen (secondary N) is 1. The number of piperidine rings is 1. The maximum absolute atomic E-state index is 12.7. The van der Waals surface area contributed by atoms with Crippen molar-refractivity contribution in [3.05, 3.63) is 29.3 Å². The summed E-state index contributed by atoms with van der Waals surface area (Å²) < 4.78 is 0. The van der Waals surface area contributed by atoms with Crippen LogP contribution >= 0.6 is 0 Å². The van der Waals surface area contributed by atoms with Gasteiger partial charge in [-0.2, -0.15) is 0 Å². The van der Waals surface area contributed by atoms with E-state index in [9.17, 15) is 19.5 Å². The normalized spacial score (nSPS) is 23.9. The second-order valence-electron chi connectivity index (χ2n) is 6.40. The van der Waals surface area contributed by atoms with Gasteiger partial charge >= 0.3 is 5.97 Å². The fourth-order valence-electron chi connectivity index (χ4n) is 3.30. The summed E-state index contributed by atoms with van der Waals surface area (Å²) in [5, 5.41) is 12.2. The van der Waals surface area contributed by atoms with Crippen molar-refractivity contribution in [2.45, 2.75) is 38.6 Å². The van der Waals surface area contributed by atoms with Crippen molar-refractivity contribution < 1.29 is 19.5 Å². The molecule has 2 heterocycles. The molecule has 2 aliphatic heterocycles.